The SMILES string of the molecule is C.C[C@@H]1C[C@@]1(NC(=O)c1cc2cc(Br)ccc2[nH]1)c1cnn(C)c1.C[C@@H]1C[C@@]1(NC(=O)c1cc2cc(C#N)ccc2[nH]1)c1cnn(C)c1.C[C@@H]1C[C@@]1(NC(=O)c1cc2cc(Cl)ccc2[nH]1)c1cnn(C)c1.C[C@H]1C[C@]1(NC(=O)c1cc2cc(Br)ccc2[nH]1)c1ccn(C)c1.C[C@H]1C[C@]1(NC(=O)c1cc2cc(C#N)ccc2[nH]1)c1ccn(C)c1.C[C@H]1C[C@]1(NC(=O)c1cc2cc(Cl)ccc2[nH]1)c1ccn(C)c1. The van der Waals surface area contributed by atoms with Crippen molar-refractivity contribution in [1.82, 2.24) is 105 Å². The lowest BCUT2D eigenvalue weighted by molar-refractivity contribution is 0.0914. The summed E-state index contributed by atoms with van der Waals surface area (Å²) in [6.45, 7) is 12.9. The highest BCUT2D eigenvalue weighted by Crippen LogP contribution is 2.57. The molecule has 0 radical (unpaired) electrons. The molecule has 720 valence electrons. The molecule has 6 amide bonds. The van der Waals surface area contributed by atoms with Crippen LogP contribution in [0.4, 0.5) is 0 Å². The van der Waals surface area contributed by atoms with Crippen molar-refractivity contribution in [3.05, 3.63) is 336 Å². The highest BCUT2D eigenvalue weighted by molar-refractivity contribution is 9.10. The van der Waals surface area contributed by atoms with Crippen molar-refractivity contribution in [3.8, 4) is 12.1 Å². The molecule has 33 heteroatoms. The zero-order valence-corrected chi connectivity index (χ0v) is 83.8. The zero-order valence-electron chi connectivity index (χ0n) is 79.1. The summed E-state index contributed by atoms with van der Waals surface area (Å²) in [5, 5.41) is 56.9. The molecule has 6 aliphatic rings. The maximum Gasteiger partial charge on any atom is 0.268 e. The van der Waals surface area contributed by atoms with Crippen molar-refractivity contribution in [2.75, 3.05) is 0 Å². The molecule has 6 aromatic carbocycles. The molecule has 29 nitrogen and oxygen atoms in total. The normalized spacial score (nSPS) is 22.7. The minimum Gasteiger partial charge on any atom is -0.357 e. The third kappa shape index (κ3) is 19.4. The number of H-pyrrole nitrogens is 6. The maximum absolute atomic E-state index is 12.7. The molecule has 12 heterocycles. The lowest BCUT2D eigenvalue weighted by Gasteiger charge is -2.17. The summed E-state index contributed by atoms with van der Waals surface area (Å²) in [4.78, 5) is 95.2. The van der Waals surface area contributed by atoms with Crippen LogP contribution < -0.4 is 31.9 Å². The minimum atomic E-state index is -0.333. The van der Waals surface area contributed by atoms with Crippen LogP contribution in [-0.2, 0) is 75.5 Å². The Kier molecular flexibility index (Phi) is 25.7. The van der Waals surface area contributed by atoms with E-state index in [2.05, 4.69) is 199 Å². The highest BCUT2D eigenvalue weighted by Gasteiger charge is 2.59. The third-order valence-electron chi connectivity index (χ3n) is 28.9. The monoisotopic (exact) mass is 2050 g/mol. The Balaban J connectivity index is 0.000000112. The molecule has 141 heavy (non-hydrogen) atoms. The van der Waals surface area contributed by atoms with Gasteiger partial charge in [0.05, 0.1) is 75.1 Å². The molecule has 12 aromatic heterocycles. The number of carbonyl (C=O) groups excluding carboxylic acids is 6. The van der Waals surface area contributed by atoms with Crippen molar-refractivity contribution in [3.63, 3.8) is 0 Å². The van der Waals surface area contributed by atoms with Crippen LogP contribution in [0.5, 0.6) is 0 Å². The van der Waals surface area contributed by atoms with Gasteiger partial charge in [-0.05, 0) is 255 Å². The van der Waals surface area contributed by atoms with Gasteiger partial charge in [0.15, 0.2) is 0 Å². The number of benzene rings is 6. The van der Waals surface area contributed by atoms with Crippen LogP contribution in [0, 0.1) is 58.2 Å². The van der Waals surface area contributed by atoms with Gasteiger partial charge in [-0.3, -0.25) is 42.8 Å². The Morgan fingerprint density at radius 2 is 0.532 bits per heavy atom. The lowest BCUT2D eigenvalue weighted by Crippen LogP contribution is -2.36. The molecule has 6 fully saturated rings. The van der Waals surface area contributed by atoms with Gasteiger partial charge in [-0.15, -0.1) is 0 Å². The first kappa shape index (κ1) is 96.6. The van der Waals surface area contributed by atoms with E-state index < -0.39 is 0 Å². The minimum absolute atomic E-state index is 0. The summed E-state index contributed by atoms with van der Waals surface area (Å²) >= 11 is 18.9. The van der Waals surface area contributed by atoms with E-state index in [1.807, 2.05) is 221 Å². The average molecular weight is 2060 g/mol. The fourth-order valence-electron chi connectivity index (χ4n) is 19.9. The second-order valence-electron chi connectivity index (χ2n) is 38.9. The number of rotatable bonds is 18. The van der Waals surface area contributed by atoms with Crippen LogP contribution in [0.25, 0.3) is 65.4 Å². The second kappa shape index (κ2) is 37.5. The molecule has 0 unspecified atom stereocenters. The maximum atomic E-state index is 12.7. The Morgan fingerprint density at radius 3 is 0.738 bits per heavy atom. The van der Waals surface area contributed by atoms with Crippen molar-refractivity contribution < 1.29 is 28.8 Å². The van der Waals surface area contributed by atoms with Gasteiger partial charge in [0.1, 0.15) is 34.2 Å². The highest BCUT2D eigenvalue weighted by atomic mass is 79.9. The summed E-state index contributed by atoms with van der Waals surface area (Å²) in [6, 6.07) is 55.2. The van der Waals surface area contributed by atoms with Gasteiger partial charge in [0.2, 0.25) is 0 Å². The fourth-order valence-corrected chi connectivity index (χ4v) is 21.0. The number of aromatic nitrogens is 15. The summed E-state index contributed by atoms with van der Waals surface area (Å²) < 4.78 is 13.3. The first-order valence-electron chi connectivity index (χ1n) is 46.4. The fraction of sp³-hybridized carbons (Fsp3) is 0.287. The van der Waals surface area contributed by atoms with E-state index in [-0.39, 0.29) is 76.1 Å². The standard InChI is InChI=1S/C19H18N4O.C18H18BrN3O.C18H18ClN3O.C18H17N5O.C17H17BrN4O.C17H17ClN4O.CH4/c1-12-9-19(12,15-5-6-23(2)11-15)22-18(24)17-8-14-7-13(10-20)3-4-16(14)21-17;2*1-11-9-18(11,13-5-6-22(2)10-13)21-17(23)16-8-12-7-14(19)3-4-15(12)20-16;1-11-7-18(11,14-9-20-23(2)10-14)22-17(24)16-6-13-5-12(8-19)3-4-15(13)21-16;2*1-10-7-17(10,12-8-19-22(2)9-12)21-16(23)15-6-11-5-13(18)3-4-14(11)20-15;/h3-8,11-12,21H,9H2,1-2H3,(H,22,24);2*3-8,10-11,20H,9H2,1-2H3,(H,21,23);3-6,9-11,21H,7H2,1-2H3,(H,22,24);2*3-6,8-10,20H,7H2,1-2H3,(H,21,23);1H4/t12-,19+;3*11-,18+;2*10-,17+;/m000111./s1. The number of nitrogens with one attached hydrogen (secondary N) is 12. The van der Waals surface area contributed by atoms with Crippen LogP contribution in [0.2, 0.25) is 10.0 Å². The predicted molar refractivity (Wildman–Crippen MR) is 555 cm³/mol. The van der Waals surface area contributed by atoms with E-state index in [0.717, 1.165) is 135 Å². The molecule has 12 atom stereocenters. The second-order valence-corrected chi connectivity index (χ2v) is 41.6. The molecule has 6 aliphatic carbocycles. The molecular formula is C108H109Br2Cl2N23O6. The van der Waals surface area contributed by atoms with E-state index in [9.17, 15) is 28.8 Å². The van der Waals surface area contributed by atoms with Crippen LogP contribution in [0.1, 0.15) is 195 Å². The van der Waals surface area contributed by atoms with Gasteiger partial charge in [-0.25, -0.2) is 0 Å². The number of aromatic amines is 6. The van der Waals surface area contributed by atoms with E-state index in [1.165, 1.54) is 11.1 Å². The number of hydrogen-bond acceptors (Lipinski definition) is 11. The summed E-state index contributed by atoms with van der Waals surface area (Å²) in [7, 11) is 11.6. The van der Waals surface area contributed by atoms with Gasteiger partial charge < -0.3 is 75.5 Å². The van der Waals surface area contributed by atoms with Crippen LogP contribution in [-0.4, -0.2) is 108 Å². The van der Waals surface area contributed by atoms with Gasteiger partial charge in [0.25, 0.3) is 35.4 Å². The Bertz CT molecular complexity index is 7260. The molecule has 0 bridgehead atoms. The molecule has 6 saturated carbocycles. The topological polar surface area (TPSA) is 385 Å². The van der Waals surface area contributed by atoms with Crippen molar-refractivity contribution in [2.24, 2.45) is 77.8 Å². The van der Waals surface area contributed by atoms with Gasteiger partial charge in [-0.2, -0.15) is 25.8 Å². The smallest absolute Gasteiger partial charge is 0.268 e. The van der Waals surface area contributed by atoms with Crippen molar-refractivity contribution >= 4 is 156 Å². The Morgan fingerprint density at radius 1 is 0.319 bits per heavy atom. The average Bonchev–Trinajstić information content (AvgIpc) is 1.60. The van der Waals surface area contributed by atoms with Crippen molar-refractivity contribution in [2.45, 2.75) is 121 Å². The molecule has 18 aromatic rings. The quantitative estimate of drug-likeness (QED) is 0.0383. The van der Waals surface area contributed by atoms with E-state index in [0.29, 0.717) is 90.8 Å². The Labute approximate surface area is 840 Å². The molecule has 12 N–H and O–H groups in total. The predicted octanol–water partition coefficient (Wildman–Crippen LogP) is 20.4. The number of amides is 6. The molecule has 0 spiro atoms. The molecule has 0 aliphatic heterocycles. The zero-order chi connectivity index (χ0) is 98.6. The number of carbonyl (C=O) groups is 6. The first-order chi connectivity index (χ1) is 66.9. The number of nitrogens with zero attached hydrogens (tertiary/aromatic N) is 11. The van der Waals surface area contributed by atoms with E-state index in [4.69, 9.17) is 33.7 Å². The molecule has 24 rings (SSSR count). The first-order valence-corrected chi connectivity index (χ1v) is 48.8. The van der Waals surface area contributed by atoms with E-state index in [1.54, 1.807) is 50.4 Å². The number of nitriles is 2. The summed E-state index contributed by atoms with van der Waals surface area (Å²) in [6.07, 6.45) is 29.3. The number of fused-ring (bicyclic) bond motifs is 6. The van der Waals surface area contributed by atoms with Gasteiger partial charge >= 0.3 is 0 Å². The Hall–Kier alpha value is -14.6. The van der Waals surface area contributed by atoms with Crippen LogP contribution in [0.15, 0.2) is 247 Å². The lowest BCUT2D eigenvalue weighted by atomic mass is 10.1. The molecular weight excluding hydrogens is 1950 g/mol. The number of halogens is 4. The van der Waals surface area contributed by atoms with Crippen LogP contribution >= 0.6 is 55.1 Å². The van der Waals surface area contributed by atoms with E-state index >= 15 is 0 Å². The third-order valence-corrected chi connectivity index (χ3v) is 30.3. The number of hydrogen-bond donors (Lipinski definition) is 12. The van der Waals surface area contributed by atoms with Gasteiger partial charge in [-0.1, -0.05) is 104 Å². The van der Waals surface area contributed by atoms with Crippen LogP contribution in [0.3, 0.4) is 0 Å². The summed E-state index contributed by atoms with van der Waals surface area (Å²) in [5.74, 6) is 1.92. The molecule has 0 saturated heterocycles. The van der Waals surface area contributed by atoms with Gasteiger partial charge in [0, 0.05) is 199 Å². The number of aryl methyl sites for hydroxylation is 6. The van der Waals surface area contributed by atoms with Crippen molar-refractivity contribution in [1.29, 1.82) is 10.5 Å². The summed E-state index contributed by atoms with van der Waals surface area (Å²) in [5.41, 5.74) is 14.9. The largest absolute Gasteiger partial charge is 0.357 e.